The van der Waals surface area contributed by atoms with Crippen LogP contribution in [-0.4, -0.2) is 72.1 Å². The molecule has 146 valence electrons. The summed E-state index contributed by atoms with van der Waals surface area (Å²) < 4.78 is 50.6. The van der Waals surface area contributed by atoms with Gasteiger partial charge < -0.3 is 0 Å². The first kappa shape index (κ1) is 18.5. The number of hydrogen-bond acceptors (Lipinski definition) is 5. The van der Waals surface area contributed by atoms with Crippen LogP contribution in [0.2, 0.25) is 0 Å². The van der Waals surface area contributed by atoms with Gasteiger partial charge in [-0.25, -0.2) is 17.2 Å². The molecule has 0 spiro atoms. The molecule has 0 bridgehead atoms. The molecular formula is C18H22F2N4O2S. The molecule has 2 aromatic rings. The Labute approximate surface area is 157 Å². The molecule has 2 fully saturated rings. The van der Waals surface area contributed by atoms with Crippen molar-refractivity contribution < 1.29 is 17.2 Å². The van der Waals surface area contributed by atoms with E-state index in [9.17, 15) is 17.2 Å². The highest BCUT2D eigenvalue weighted by Gasteiger charge is 2.33. The van der Waals surface area contributed by atoms with Crippen LogP contribution >= 0.6 is 0 Å². The van der Waals surface area contributed by atoms with Crippen LogP contribution in [0, 0.1) is 11.6 Å². The van der Waals surface area contributed by atoms with Crippen LogP contribution in [0.3, 0.4) is 0 Å². The van der Waals surface area contributed by atoms with Gasteiger partial charge in [0.1, 0.15) is 11.6 Å². The molecule has 0 saturated carbocycles. The standard InChI is InChI=1S/C18H22F2N4O2S/c19-14-1-2-16(17(20)9-14)18-13(10-21-22-18)11-23-4-6-24(7-5-23)15-3-8-27(25,26)12-15/h1-2,9-10,15H,3-8,11-12H2,(H,21,22). The Morgan fingerprint density at radius 2 is 1.96 bits per heavy atom. The number of sulfone groups is 1. The van der Waals surface area contributed by atoms with Crippen molar-refractivity contribution in [1.29, 1.82) is 0 Å². The van der Waals surface area contributed by atoms with Crippen LogP contribution in [0.5, 0.6) is 0 Å². The molecule has 2 aliphatic heterocycles. The van der Waals surface area contributed by atoms with Gasteiger partial charge in [0.15, 0.2) is 9.84 Å². The molecule has 1 N–H and O–H groups in total. The third kappa shape index (κ3) is 4.04. The van der Waals surface area contributed by atoms with Crippen LogP contribution in [0.25, 0.3) is 11.3 Å². The van der Waals surface area contributed by atoms with E-state index in [0.29, 0.717) is 23.6 Å². The average molecular weight is 396 g/mol. The molecule has 1 unspecified atom stereocenters. The number of piperazine rings is 1. The molecular weight excluding hydrogens is 374 g/mol. The number of aromatic amines is 1. The fourth-order valence-corrected chi connectivity index (χ4v) is 5.71. The summed E-state index contributed by atoms with van der Waals surface area (Å²) in [6.07, 6.45) is 2.39. The molecule has 2 aliphatic rings. The summed E-state index contributed by atoms with van der Waals surface area (Å²) in [6, 6.07) is 3.65. The van der Waals surface area contributed by atoms with Gasteiger partial charge in [0, 0.05) is 56.0 Å². The van der Waals surface area contributed by atoms with Gasteiger partial charge in [-0.1, -0.05) is 0 Å². The summed E-state index contributed by atoms with van der Waals surface area (Å²) >= 11 is 0. The summed E-state index contributed by atoms with van der Waals surface area (Å²) in [5.41, 5.74) is 1.73. The number of nitrogens with one attached hydrogen (secondary N) is 1. The molecule has 9 heteroatoms. The third-order valence-electron chi connectivity index (χ3n) is 5.44. The molecule has 6 nitrogen and oxygen atoms in total. The lowest BCUT2D eigenvalue weighted by atomic mass is 10.1. The van der Waals surface area contributed by atoms with E-state index in [0.717, 1.165) is 44.2 Å². The topological polar surface area (TPSA) is 69.3 Å². The second-order valence-electron chi connectivity index (χ2n) is 7.26. The van der Waals surface area contributed by atoms with Crippen molar-refractivity contribution in [2.45, 2.75) is 19.0 Å². The van der Waals surface area contributed by atoms with Crippen LogP contribution in [0.4, 0.5) is 8.78 Å². The summed E-state index contributed by atoms with van der Waals surface area (Å²) in [4.78, 5) is 4.51. The lowest BCUT2D eigenvalue weighted by molar-refractivity contribution is 0.100. The second-order valence-corrected chi connectivity index (χ2v) is 9.49. The Kier molecular flexibility index (Phi) is 5.00. The third-order valence-corrected chi connectivity index (χ3v) is 7.19. The highest BCUT2D eigenvalue weighted by molar-refractivity contribution is 7.91. The zero-order valence-electron chi connectivity index (χ0n) is 14.9. The zero-order valence-corrected chi connectivity index (χ0v) is 15.7. The summed E-state index contributed by atoms with van der Waals surface area (Å²) in [6.45, 7) is 3.87. The van der Waals surface area contributed by atoms with E-state index in [1.165, 1.54) is 12.1 Å². The van der Waals surface area contributed by atoms with Gasteiger partial charge in [0.2, 0.25) is 0 Å². The van der Waals surface area contributed by atoms with Crippen LogP contribution in [-0.2, 0) is 16.4 Å². The van der Waals surface area contributed by atoms with E-state index in [-0.39, 0.29) is 11.8 Å². The summed E-state index contributed by atoms with van der Waals surface area (Å²) in [5, 5.41) is 6.85. The highest BCUT2D eigenvalue weighted by atomic mass is 32.2. The molecule has 1 aromatic carbocycles. The number of hydrogen-bond donors (Lipinski definition) is 1. The van der Waals surface area contributed by atoms with Gasteiger partial charge in [-0.05, 0) is 18.6 Å². The minimum absolute atomic E-state index is 0.134. The Morgan fingerprint density at radius 1 is 1.19 bits per heavy atom. The SMILES string of the molecule is O=S1(=O)CCC(N2CCN(Cc3cn[nH]c3-c3ccc(F)cc3F)CC2)C1. The lowest BCUT2D eigenvalue weighted by Crippen LogP contribution is -2.50. The monoisotopic (exact) mass is 396 g/mol. The van der Waals surface area contributed by atoms with Gasteiger partial charge in [0.05, 0.1) is 23.4 Å². The number of H-pyrrole nitrogens is 1. The maximum atomic E-state index is 14.1. The fourth-order valence-electron chi connectivity index (χ4n) is 3.95. The van der Waals surface area contributed by atoms with Crippen molar-refractivity contribution in [3.8, 4) is 11.3 Å². The first-order valence-corrected chi connectivity index (χ1v) is 10.9. The predicted molar refractivity (Wildman–Crippen MR) is 97.8 cm³/mol. The molecule has 0 amide bonds. The van der Waals surface area contributed by atoms with Gasteiger partial charge >= 0.3 is 0 Å². The van der Waals surface area contributed by atoms with Crippen molar-refractivity contribution >= 4 is 9.84 Å². The van der Waals surface area contributed by atoms with Gasteiger partial charge in [-0.3, -0.25) is 14.9 Å². The van der Waals surface area contributed by atoms with E-state index in [1.54, 1.807) is 6.20 Å². The van der Waals surface area contributed by atoms with Crippen molar-refractivity contribution in [1.82, 2.24) is 20.0 Å². The number of rotatable bonds is 4. The Balaban J connectivity index is 1.40. The predicted octanol–water partition coefficient (Wildman–Crippen LogP) is 1.66. The van der Waals surface area contributed by atoms with Crippen molar-refractivity contribution in [2.24, 2.45) is 0 Å². The number of halogens is 2. The molecule has 4 rings (SSSR count). The number of benzene rings is 1. The average Bonchev–Trinajstić information content (AvgIpc) is 3.22. The summed E-state index contributed by atoms with van der Waals surface area (Å²) in [5.74, 6) is -0.669. The first-order chi connectivity index (χ1) is 12.9. The Hall–Kier alpha value is -1.84. The minimum atomic E-state index is -2.87. The summed E-state index contributed by atoms with van der Waals surface area (Å²) in [7, 11) is -2.87. The number of aromatic nitrogens is 2. The Morgan fingerprint density at radius 3 is 2.63 bits per heavy atom. The molecule has 1 aromatic heterocycles. The maximum Gasteiger partial charge on any atom is 0.151 e. The minimum Gasteiger partial charge on any atom is -0.297 e. The van der Waals surface area contributed by atoms with Crippen molar-refractivity contribution in [3.05, 3.63) is 41.6 Å². The van der Waals surface area contributed by atoms with E-state index in [2.05, 4.69) is 20.0 Å². The van der Waals surface area contributed by atoms with Crippen molar-refractivity contribution in [3.63, 3.8) is 0 Å². The lowest BCUT2D eigenvalue weighted by Gasteiger charge is -2.37. The van der Waals surface area contributed by atoms with E-state index < -0.39 is 21.5 Å². The molecule has 3 heterocycles. The molecule has 2 saturated heterocycles. The second kappa shape index (κ2) is 7.29. The van der Waals surface area contributed by atoms with Crippen molar-refractivity contribution in [2.75, 3.05) is 37.7 Å². The first-order valence-electron chi connectivity index (χ1n) is 9.06. The largest absolute Gasteiger partial charge is 0.297 e. The van der Waals surface area contributed by atoms with Crippen LogP contribution in [0.1, 0.15) is 12.0 Å². The van der Waals surface area contributed by atoms with Gasteiger partial charge in [-0.15, -0.1) is 0 Å². The van der Waals surface area contributed by atoms with E-state index >= 15 is 0 Å². The van der Waals surface area contributed by atoms with E-state index in [4.69, 9.17) is 0 Å². The van der Waals surface area contributed by atoms with E-state index in [1.807, 2.05) is 0 Å². The molecule has 0 radical (unpaired) electrons. The van der Waals surface area contributed by atoms with Crippen LogP contribution < -0.4 is 0 Å². The van der Waals surface area contributed by atoms with Gasteiger partial charge in [-0.2, -0.15) is 5.10 Å². The van der Waals surface area contributed by atoms with Crippen LogP contribution in [0.15, 0.2) is 24.4 Å². The quantitative estimate of drug-likeness (QED) is 0.851. The molecule has 27 heavy (non-hydrogen) atoms. The normalized spacial score (nSPS) is 23.7. The van der Waals surface area contributed by atoms with Gasteiger partial charge in [0.25, 0.3) is 0 Å². The smallest absolute Gasteiger partial charge is 0.151 e. The molecule has 0 aliphatic carbocycles. The zero-order chi connectivity index (χ0) is 19.0. The Bertz CT molecular complexity index is 923. The number of nitrogens with zero attached hydrogens (tertiary/aromatic N) is 3. The fraction of sp³-hybridized carbons (Fsp3) is 0.500. The maximum absolute atomic E-state index is 14.1. The molecule has 1 atom stereocenters. The highest BCUT2D eigenvalue weighted by Crippen LogP contribution is 2.26.